The Kier molecular flexibility index (Phi) is 5.56. The molecule has 0 saturated carbocycles. The maximum absolute atomic E-state index is 10.5. The summed E-state index contributed by atoms with van der Waals surface area (Å²) < 4.78 is 0. The van der Waals surface area contributed by atoms with Crippen molar-refractivity contribution in [2.24, 2.45) is 0 Å². The lowest BCUT2D eigenvalue weighted by molar-refractivity contribution is -0.137. The molecule has 1 saturated heterocycles. The van der Waals surface area contributed by atoms with Crippen molar-refractivity contribution in [1.82, 2.24) is 9.80 Å². The third-order valence-corrected chi connectivity index (χ3v) is 3.42. The van der Waals surface area contributed by atoms with Crippen molar-refractivity contribution in [1.29, 1.82) is 0 Å². The zero-order valence-electron chi connectivity index (χ0n) is 11.7. The van der Waals surface area contributed by atoms with E-state index in [1.807, 2.05) is 13.8 Å². The Hall–Kier alpha value is -0.650. The average molecular weight is 258 g/mol. The van der Waals surface area contributed by atoms with E-state index in [2.05, 4.69) is 16.7 Å². The van der Waals surface area contributed by atoms with Crippen molar-refractivity contribution in [2.45, 2.75) is 45.3 Å². The van der Waals surface area contributed by atoms with E-state index in [-0.39, 0.29) is 6.42 Å². The number of hydrogen-bond acceptors (Lipinski definition) is 4. The zero-order valence-corrected chi connectivity index (χ0v) is 11.7. The molecule has 1 unspecified atom stereocenters. The van der Waals surface area contributed by atoms with Gasteiger partial charge in [0.1, 0.15) is 0 Å². The number of β-amino-alcohol motifs (C(OH)–C–C–N with tert-alkyl or cyclic N) is 1. The summed E-state index contributed by atoms with van der Waals surface area (Å²) in [6, 6.07) is 0.324. The molecule has 5 nitrogen and oxygen atoms in total. The van der Waals surface area contributed by atoms with E-state index < -0.39 is 11.6 Å². The summed E-state index contributed by atoms with van der Waals surface area (Å²) in [6.45, 7) is 10.2. The quantitative estimate of drug-likeness (QED) is 0.731. The molecule has 0 aromatic rings. The SMILES string of the molecule is CC(CCC(=O)O)N1CCN(CC(C)(C)O)CC1. The molecule has 1 aliphatic rings. The van der Waals surface area contributed by atoms with Crippen LogP contribution in [-0.2, 0) is 4.79 Å². The average Bonchev–Trinajstić information content (AvgIpc) is 2.24. The van der Waals surface area contributed by atoms with Crippen molar-refractivity contribution in [3.8, 4) is 0 Å². The molecule has 2 N–H and O–H groups in total. The second kappa shape index (κ2) is 6.50. The lowest BCUT2D eigenvalue weighted by atomic mass is 10.1. The lowest BCUT2D eigenvalue weighted by Gasteiger charge is -2.39. The fourth-order valence-electron chi connectivity index (χ4n) is 2.42. The summed E-state index contributed by atoms with van der Waals surface area (Å²) in [6.07, 6.45) is 0.950. The van der Waals surface area contributed by atoms with Gasteiger partial charge in [-0.1, -0.05) is 0 Å². The second-order valence-corrected chi connectivity index (χ2v) is 5.91. The van der Waals surface area contributed by atoms with E-state index in [0.717, 1.165) is 26.2 Å². The highest BCUT2D eigenvalue weighted by Gasteiger charge is 2.24. The molecule has 1 rings (SSSR count). The van der Waals surface area contributed by atoms with Crippen LogP contribution in [0.25, 0.3) is 0 Å². The largest absolute Gasteiger partial charge is 0.481 e. The fourth-order valence-corrected chi connectivity index (χ4v) is 2.42. The summed E-state index contributed by atoms with van der Waals surface area (Å²) in [7, 11) is 0. The van der Waals surface area contributed by atoms with Crippen molar-refractivity contribution >= 4 is 5.97 Å². The fraction of sp³-hybridized carbons (Fsp3) is 0.923. The Morgan fingerprint density at radius 3 is 2.28 bits per heavy atom. The molecule has 1 aliphatic heterocycles. The minimum atomic E-state index is -0.720. The van der Waals surface area contributed by atoms with Gasteiger partial charge in [-0.25, -0.2) is 0 Å². The molecule has 18 heavy (non-hydrogen) atoms. The van der Waals surface area contributed by atoms with Gasteiger partial charge in [0.2, 0.25) is 0 Å². The van der Waals surface area contributed by atoms with Gasteiger partial charge in [-0.2, -0.15) is 0 Å². The number of hydrogen-bond donors (Lipinski definition) is 2. The maximum atomic E-state index is 10.5. The van der Waals surface area contributed by atoms with Crippen LogP contribution in [0.15, 0.2) is 0 Å². The molecular weight excluding hydrogens is 232 g/mol. The molecule has 0 aliphatic carbocycles. The maximum Gasteiger partial charge on any atom is 0.303 e. The standard InChI is InChI=1S/C13H26N2O3/c1-11(4-5-12(16)17)15-8-6-14(7-9-15)10-13(2,3)18/h11,18H,4-10H2,1-3H3,(H,16,17). The predicted octanol–water partition coefficient (Wildman–Crippen LogP) is 0.628. The van der Waals surface area contributed by atoms with E-state index in [1.54, 1.807) is 0 Å². The number of nitrogens with zero attached hydrogens (tertiary/aromatic N) is 2. The van der Waals surface area contributed by atoms with Crippen LogP contribution in [0.4, 0.5) is 0 Å². The number of carboxylic acid groups (broad SMARTS) is 1. The highest BCUT2D eigenvalue weighted by Crippen LogP contribution is 2.13. The molecule has 0 aromatic heterocycles. The van der Waals surface area contributed by atoms with Crippen LogP contribution in [0.5, 0.6) is 0 Å². The summed E-state index contributed by atoms with van der Waals surface area (Å²) >= 11 is 0. The number of aliphatic carboxylic acids is 1. The van der Waals surface area contributed by atoms with Gasteiger partial charge in [0, 0.05) is 45.2 Å². The van der Waals surface area contributed by atoms with Crippen molar-refractivity contribution < 1.29 is 15.0 Å². The Labute approximate surface area is 109 Å². The predicted molar refractivity (Wildman–Crippen MR) is 70.6 cm³/mol. The van der Waals surface area contributed by atoms with Gasteiger partial charge in [-0.15, -0.1) is 0 Å². The number of aliphatic hydroxyl groups is 1. The van der Waals surface area contributed by atoms with Crippen molar-refractivity contribution in [2.75, 3.05) is 32.7 Å². The van der Waals surface area contributed by atoms with E-state index in [9.17, 15) is 9.90 Å². The highest BCUT2D eigenvalue weighted by atomic mass is 16.4. The normalized spacial score (nSPS) is 20.9. The molecule has 0 aromatic carbocycles. The molecule has 1 atom stereocenters. The molecule has 5 heteroatoms. The first kappa shape index (κ1) is 15.4. The Morgan fingerprint density at radius 2 is 1.83 bits per heavy atom. The summed E-state index contributed by atoms with van der Waals surface area (Å²) in [5.74, 6) is -0.720. The third-order valence-electron chi connectivity index (χ3n) is 3.42. The second-order valence-electron chi connectivity index (χ2n) is 5.91. The van der Waals surface area contributed by atoms with Crippen molar-refractivity contribution in [3.05, 3.63) is 0 Å². The number of piperazine rings is 1. The molecule has 0 amide bonds. The van der Waals surface area contributed by atoms with Gasteiger partial charge in [0.25, 0.3) is 0 Å². The van der Waals surface area contributed by atoms with Crippen LogP contribution in [0.2, 0.25) is 0 Å². The van der Waals surface area contributed by atoms with Gasteiger partial charge in [-0.3, -0.25) is 14.6 Å². The highest BCUT2D eigenvalue weighted by molar-refractivity contribution is 5.66. The smallest absolute Gasteiger partial charge is 0.303 e. The van der Waals surface area contributed by atoms with Crippen LogP contribution in [-0.4, -0.2) is 70.3 Å². The first-order valence-electron chi connectivity index (χ1n) is 6.68. The molecule has 1 fully saturated rings. The van der Waals surface area contributed by atoms with E-state index in [4.69, 9.17) is 5.11 Å². The van der Waals surface area contributed by atoms with Gasteiger partial charge in [0.05, 0.1) is 5.60 Å². The molecule has 106 valence electrons. The minimum Gasteiger partial charge on any atom is -0.481 e. The first-order chi connectivity index (χ1) is 8.28. The van der Waals surface area contributed by atoms with Gasteiger partial charge in [0.15, 0.2) is 0 Å². The lowest BCUT2D eigenvalue weighted by Crippen LogP contribution is -2.52. The van der Waals surface area contributed by atoms with Crippen LogP contribution >= 0.6 is 0 Å². The third kappa shape index (κ3) is 5.80. The molecule has 1 heterocycles. The Balaban J connectivity index is 2.28. The monoisotopic (exact) mass is 258 g/mol. The zero-order chi connectivity index (χ0) is 13.8. The van der Waals surface area contributed by atoms with E-state index in [1.165, 1.54) is 0 Å². The number of carboxylic acids is 1. The summed E-state index contributed by atoms with van der Waals surface area (Å²) in [4.78, 5) is 15.1. The van der Waals surface area contributed by atoms with Crippen LogP contribution in [0, 0.1) is 0 Å². The van der Waals surface area contributed by atoms with Crippen LogP contribution < -0.4 is 0 Å². The van der Waals surface area contributed by atoms with E-state index >= 15 is 0 Å². The summed E-state index contributed by atoms with van der Waals surface area (Å²) in [5, 5.41) is 18.4. The number of rotatable bonds is 6. The van der Waals surface area contributed by atoms with Crippen molar-refractivity contribution in [3.63, 3.8) is 0 Å². The topological polar surface area (TPSA) is 64.0 Å². The number of carbonyl (C=O) groups is 1. The molecular formula is C13H26N2O3. The van der Waals surface area contributed by atoms with Gasteiger partial charge < -0.3 is 10.2 Å². The van der Waals surface area contributed by atoms with Gasteiger partial charge >= 0.3 is 5.97 Å². The minimum absolute atomic E-state index is 0.241. The van der Waals surface area contributed by atoms with Crippen LogP contribution in [0.3, 0.4) is 0 Å². The van der Waals surface area contributed by atoms with Crippen LogP contribution in [0.1, 0.15) is 33.6 Å². The Bertz CT molecular complexity index is 268. The molecule has 0 spiro atoms. The molecule has 0 bridgehead atoms. The Morgan fingerprint density at radius 1 is 1.28 bits per heavy atom. The van der Waals surface area contributed by atoms with E-state index in [0.29, 0.717) is 19.0 Å². The van der Waals surface area contributed by atoms with Gasteiger partial charge in [-0.05, 0) is 27.2 Å². The summed E-state index contributed by atoms with van der Waals surface area (Å²) in [5.41, 5.74) is -0.642. The first-order valence-corrected chi connectivity index (χ1v) is 6.68. The molecule has 0 radical (unpaired) electrons.